The van der Waals surface area contributed by atoms with Crippen LogP contribution in [0.15, 0.2) is 30.3 Å². The van der Waals surface area contributed by atoms with E-state index in [0.29, 0.717) is 23.0 Å². The Labute approximate surface area is 165 Å². The summed E-state index contributed by atoms with van der Waals surface area (Å²) in [6.07, 6.45) is 6.85. The molecule has 0 radical (unpaired) electrons. The van der Waals surface area contributed by atoms with Crippen molar-refractivity contribution < 1.29 is 9.59 Å². The molecule has 0 aliphatic heterocycles. The molecule has 3 rings (SSSR count). The Kier molecular flexibility index (Phi) is 6.57. The maximum atomic E-state index is 12.7. The van der Waals surface area contributed by atoms with E-state index < -0.39 is 0 Å². The van der Waals surface area contributed by atoms with Gasteiger partial charge in [-0.3, -0.25) is 9.59 Å². The number of rotatable bonds is 5. The first-order valence-electron chi connectivity index (χ1n) is 9.81. The number of anilines is 3. The average molecular weight is 381 g/mol. The molecule has 1 fully saturated rings. The van der Waals surface area contributed by atoms with Crippen molar-refractivity contribution in [1.82, 2.24) is 15.3 Å². The van der Waals surface area contributed by atoms with Crippen molar-refractivity contribution in [3.63, 3.8) is 0 Å². The minimum absolute atomic E-state index is 0.138. The molecular formula is C21H27N5O2. The van der Waals surface area contributed by atoms with Crippen molar-refractivity contribution in [3.8, 4) is 0 Å². The van der Waals surface area contributed by atoms with Gasteiger partial charge in [0.1, 0.15) is 5.69 Å². The lowest BCUT2D eigenvalue weighted by Gasteiger charge is -2.16. The predicted molar refractivity (Wildman–Crippen MR) is 110 cm³/mol. The van der Waals surface area contributed by atoms with Crippen LogP contribution < -0.4 is 16.0 Å². The highest BCUT2D eigenvalue weighted by molar-refractivity contribution is 5.93. The number of nitrogens with one attached hydrogen (secondary N) is 3. The Morgan fingerprint density at radius 1 is 1.00 bits per heavy atom. The molecular weight excluding hydrogens is 354 g/mol. The lowest BCUT2D eigenvalue weighted by atomic mass is 10.1. The summed E-state index contributed by atoms with van der Waals surface area (Å²) in [6.45, 7) is 3.30. The van der Waals surface area contributed by atoms with E-state index in [-0.39, 0.29) is 17.9 Å². The number of hydrogen-bond donors (Lipinski definition) is 3. The van der Waals surface area contributed by atoms with Gasteiger partial charge in [0.15, 0.2) is 0 Å². The minimum Gasteiger partial charge on any atom is -0.348 e. The second-order valence-electron chi connectivity index (χ2n) is 7.27. The third-order valence-corrected chi connectivity index (χ3v) is 4.72. The molecule has 0 atom stereocenters. The average Bonchev–Trinajstić information content (AvgIpc) is 2.89. The van der Waals surface area contributed by atoms with Crippen molar-refractivity contribution in [1.29, 1.82) is 0 Å². The summed E-state index contributed by atoms with van der Waals surface area (Å²) in [5, 5.41) is 8.97. The van der Waals surface area contributed by atoms with Crippen LogP contribution in [-0.2, 0) is 4.79 Å². The highest BCUT2D eigenvalue weighted by Gasteiger charge is 2.17. The fourth-order valence-electron chi connectivity index (χ4n) is 3.43. The Hall–Kier alpha value is -2.96. The molecule has 7 heteroatoms. The fraction of sp³-hybridized carbons (Fsp3) is 0.429. The van der Waals surface area contributed by atoms with Crippen LogP contribution in [0.4, 0.5) is 17.3 Å². The van der Waals surface area contributed by atoms with Crippen LogP contribution >= 0.6 is 0 Å². The summed E-state index contributed by atoms with van der Waals surface area (Å²) in [5.74, 6) is 0.0554. The normalized spacial score (nSPS) is 14.8. The summed E-state index contributed by atoms with van der Waals surface area (Å²) in [5.41, 5.74) is 2.47. The highest BCUT2D eigenvalue weighted by atomic mass is 16.2. The Morgan fingerprint density at radius 2 is 1.71 bits per heavy atom. The van der Waals surface area contributed by atoms with Crippen LogP contribution in [-0.4, -0.2) is 27.8 Å². The third kappa shape index (κ3) is 5.77. The van der Waals surface area contributed by atoms with E-state index in [2.05, 4.69) is 25.9 Å². The number of carbonyl (C=O) groups is 2. The van der Waals surface area contributed by atoms with E-state index in [1.54, 1.807) is 18.2 Å². The van der Waals surface area contributed by atoms with Crippen molar-refractivity contribution in [3.05, 3.63) is 41.7 Å². The van der Waals surface area contributed by atoms with Gasteiger partial charge in [-0.1, -0.05) is 31.7 Å². The van der Waals surface area contributed by atoms with E-state index >= 15 is 0 Å². The molecule has 1 aliphatic carbocycles. The van der Waals surface area contributed by atoms with Gasteiger partial charge >= 0.3 is 0 Å². The number of carbonyl (C=O) groups excluding carboxylic acids is 2. The molecule has 7 nitrogen and oxygen atoms in total. The lowest BCUT2D eigenvalue weighted by Crippen LogP contribution is -2.35. The predicted octanol–water partition coefficient (Wildman–Crippen LogP) is 3.94. The fourth-order valence-corrected chi connectivity index (χ4v) is 3.43. The molecule has 148 valence electrons. The molecule has 0 saturated heterocycles. The first-order chi connectivity index (χ1) is 13.5. The van der Waals surface area contributed by atoms with Crippen molar-refractivity contribution in [2.24, 2.45) is 0 Å². The minimum atomic E-state index is -0.160. The second kappa shape index (κ2) is 9.30. The molecule has 0 spiro atoms. The van der Waals surface area contributed by atoms with Crippen molar-refractivity contribution in [2.45, 2.75) is 58.4 Å². The van der Waals surface area contributed by atoms with Crippen LogP contribution in [0.5, 0.6) is 0 Å². The van der Waals surface area contributed by atoms with Gasteiger partial charge in [-0.15, -0.1) is 0 Å². The van der Waals surface area contributed by atoms with Crippen molar-refractivity contribution >= 4 is 29.1 Å². The third-order valence-electron chi connectivity index (χ3n) is 4.72. The zero-order valence-corrected chi connectivity index (χ0v) is 16.4. The summed E-state index contributed by atoms with van der Waals surface area (Å²) in [7, 11) is 0. The Morgan fingerprint density at radius 3 is 2.43 bits per heavy atom. The largest absolute Gasteiger partial charge is 0.348 e. The molecule has 1 saturated carbocycles. The summed E-state index contributed by atoms with van der Waals surface area (Å²) in [6, 6.07) is 9.18. The zero-order valence-electron chi connectivity index (χ0n) is 16.4. The Bertz CT molecular complexity index is 844. The smallest absolute Gasteiger partial charge is 0.270 e. The van der Waals surface area contributed by atoms with E-state index in [9.17, 15) is 9.59 Å². The highest BCUT2D eigenvalue weighted by Crippen LogP contribution is 2.20. The van der Waals surface area contributed by atoms with E-state index in [1.165, 1.54) is 19.8 Å². The van der Waals surface area contributed by atoms with Gasteiger partial charge in [-0.2, -0.15) is 0 Å². The monoisotopic (exact) mass is 381 g/mol. The molecule has 1 aliphatic rings. The molecule has 28 heavy (non-hydrogen) atoms. The topological polar surface area (TPSA) is 96.0 Å². The second-order valence-corrected chi connectivity index (χ2v) is 7.27. The van der Waals surface area contributed by atoms with Gasteiger partial charge in [-0.25, -0.2) is 9.97 Å². The maximum absolute atomic E-state index is 12.7. The van der Waals surface area contributed by atoms with E-state index in [0.717, 1.165) is 31.4 Å². The number of benzene rings is 1. The summed E-state index contributed by atoms with van der Waals surface area (Å²) >= 11 is 0. The van der Waals surface area contributed by atoms with Gasteiger partial charge < -0.3 is 16.0 Å². The number of nitrogens with zero attached hydrogens (tertiary/aromatic N) is 2. The zero-order chi connectivity index (χ0) is 19.9. The number of aryl methyl sites for hydroxylation is 1. The first-order valence-corrected chi connectivity index (χ1v) is 9.81. The molecule has 1 aromatic carbocycles. The Balaban J connectivity index is 1.72. The molecule has 0 unspecified atom stereocenters. The SMILES string of the molecule is CC(=O)Nc1cccc(Nc2nc(C)cc(C(=O)NC3CCCCCC3)n2)c1. The molecule has 0 bridgehead atoms. The molecule has 2 aromatic rings. The van der Waals surface area contributed by atoms with Crippen LogP contribution in [0.1, 0.15) is 61.6 Å². The summed E-state index contributed by atoms with van der Waals surface area (Å²) in [4.78, 5) is 32.7. The number of hydrogen-bond acceptors (Lipinski definition) is 5. The van der Waals surface area contributed by atoms with E-state index in [4.69, 9.17) is 0 Å². The standard InChI is InChI=1S/C21H27N5O2/c1-14-12-19(20(28)24-16-8-5-3-4-6-9-16)26-21(22-14)25-18-11-7-10-17(13-18)23-15(2)27/h7,10-13,16H,3-6,8-9H2,1-2H3,(H,23,27)(H,24,28)(H,22,25,26). The maximum Gasteiger partial charge on any atom is 0.270 e. The first kappa shape index (κ1) is 19.8. The van der Waals surface area contributed by atoms with Gasteiger partial charge in [-0.05, 0) is 44.0 Å². The van der Waals surface area contributed by atoms with Gasteiger partial charge in [0.2, 0.25) is 11.9 Å². The summed E-state index contributed by atoms with van der Waals surface area (Å²) < 4.78 is 0. The van der Waals surface area contributed by atoms with Crippen LogP contribution in [0, 0.1) is 6.92 Å². The molecule has 2 amide bonds. The van der Waals surface area contributed by atoms with Crippen molar-refractivity contribution in [2.75, 3.05) is 10.6 Å². The van der Waals surface area contributed by atoms with E-state index in [1.807, 2.05) is 19.1 Å². The number of aromatic nitrogens is 2. The van der Waals surface area contributed by atoms with Gasteiger partial charge in [0.25, 0.3) is 5.91 Å². The van der Waals surface area contributed by atoms with Gasteiger partial charge in [0.05, 0.1) is 0 Å². The van der Waals surface area contributed by atoms with Crippen LogP contribution in [0.25, 0.3) is 0 Å². The lowest BCUT2D eigenvalue weighted by molar-refractivity contribution is -0.114. The molecule has 3 N–H and O–H groups in total. The quantitative estimate of drug-likeness (QED) is 0.682. The van der Waals surface area contributed by atoms with Gasteiger partial charge in [0, 0.05) is 30.0 Å². The van der Waals surface area contributed by atoms with Crippen LogP contribution in [0.3, 0.4) is 0 Å². The molecule has 1 aromatic heterocycles. The number of amides is 2. The van der Waals surface area contributed by atoms with Crippen LogP contribution in [0.2, 0.25) is 0 Å². The molecule has 1 heterocycles.